The molecule has 0 aliphatic heterocycles. The van der Waals surface area contributed by atoms with Crippen molar-refractivity contribution >= 4 is 0 Å². The molecular weight excluding hydrogens is 252 g/mol. The summed E-state index contributed by atoms with van der Waals surface area (Å²) in [6, 6.07) is 0. The van der Waals surface area contributed by atoms with Crippen LogP contribution in [0.5, 0.6) is 0 Å². The van der Waals surface area contributed by atoms with Crippen LogP contribution >= 0.6 is 0 Å². The summed E-state index contributed by atoms with van der Waals surface area (Å²) in [4.78, 5) is 2.51. The van der Waals surface area contributed by atoms with Gasteiger partial charge in [0.1, 0.15) is 0 Å². The molecule has 0 atom stereocenters. The highest BCUT2D eigenvalue weighted by Crippen LogP contribution is 2.26. The molecule has 0 aromatic carbocycles. The second-order valence-corrected chi connectivity index (χ2v) is 5.31. The monoisotopic (exact) mass is 288 g/mol. The Morgan fingerprint density at radius 3 is 1.60 bits per heavy atom. The summed E-state index contributed by atoms with van der Waals surface area (Å²) in [5, 5.41) is 0. The Bertz CT molecular complexity index is 197. The lowest BCUT2D eigenvalue weighted by atomic mass is 9.86. The molecule has 0 heterocycles. The first kappa shape index (κ1) is 19.8. The van der Waals surface area contributed by atoms with Gasteiger partial charge >= 0.3 is 0 Å². The zero-order valence-electron chi connectivity index (χ0n) is 14.1. The Balaban J connectivity index is 4.75. The number of rotatable bonds is 14. The highest BCUT2D eigenvalue weighted by molar-refractivity contribution is 4.91. The Morgan fingerprint density at radius 2 is 1.30 bits per heavy atom. The van der Waals surface area contributed by atoms with Crippen LogP contribution in [0.3, 0.4) is 0 Å². The highest BCUT2D eigenvalue weighted by atomic mass is 16.5. The standard InChI is InChI=1S/C16H36N2O2/c1-5-9-16(15-17,10-6-2)18(11-13-19-7-3)12-14-20-8-4/h5-15,17H2,1-4H3. The van der Waals surface area contributed by atoms with Crippen molar-refractivity contribution in [3.8, 4) is 0 Å². The summed E-state index contributed by atoms with van der Waals surface area (Å²) in [5.74, 6) is 0. The third-order valence-corrected chi connectivity index (χ3v) is 3.90. The van der Waals surface area contributed by atoms with Gasteiger partial charge in [-0.05, 0) is 26.7 Å². The van der Waals surface area contributed by atoms with Crippen LogP contribution in [0.2, 0.25) is 0 Å². The first-order valence-electron chi connectivity index (χ1n) is 8.31. The predicted molar refractivity (Wildman–Crippen MR) is 86.2 cm³/mol. The summed E-state index contributed by atoms with van der Waals surface area (Å²) in [6.07, 6.45) is 4.62. The van der Waals surface area contributed by atoms with E-state index in [9.17, 15) is 0 Å². The molecule has 4 nitrogen and oxygen atoms in total. The fraction of sp³-hybridized carbons (Fsp3) is 1.00. The van der Waals surface area contributed by atoms with Gasteiger partial charge < -0.3 is 15.2 Å². The molecule has 0 aliphatic carbocycles. The van der Waals surface area contributed by atoms with Gasteiger partial charge in [-0.1, -0.05) is 26.7 Å². The minimum atomic E-state index is 0.109. The molecule has 20 heavy (non-hydrogen) atoms. The minimum Gasteiger partial charge on any atom is -0.380 e. The van der Waals surface area contributed by atoms with Crippen molar-refractivity contribution < 1.29 is 9.47 Å². The Kier molecular flexibility index (Phi) is 12.5. The summed E-state index contributed by atoms with van der Waals surface area (Å²) in [5.41, 5.74) is 6.27. The molecule has 0 rings (SSSR count). The minimum absolute atomic E-state index is 0.109. The third kappa shape index (κ3) is 7.02. The zero-order chi connectivity index (χ0) is 15.3. The van der Waals surface area contributed by atoms with Crippen LogP contribution < -0.4 is 5.73 Å². The van der Waals surface area contributed by atoms with E-state index in [1.54, 1.807) is 0 Å². The summed E-state index contributed by atoms with van der Waals surface area (Å²) in [6.45, 7) is 14.3. The number of nitrogens with two attached hydrogens (primary N) is 1. The van der Waals surface area contributed by atoms with Crippen molar-refractivity contribution in [1.82, 2.24) is 4.90 Å². The van der Waals surface area contributed by atoms with Gasteiger partial charge in [0.2, 0.25) is 0 Å². The van der Waals surface area contributed by atoms with Crippen molar-refractivity contribution in [3.05, 3.63) is 0 Å². The van der Waals surface area contributed by atoms with Gasteiger partial charge in [-0.25, -0.2) is 0 Å². The van der Waals surface area contributed by atoms with Crippen molar-refractivity contribution in [2.24, 2.45) is 5.73 Å². The topological polar surface area (TPSA) is 47.7 Å². The quantitative estimate of drug-likeness (QED) is 0.499. The summed E-state index contributed by atoms with van der Waals surface area (Å²) >= 11 is 0. The van der Waals surface area contributed by atoms with E-state index in [-0.39, 0.29) is 5.54 Å². The fourth-order valence-electron chi connectivity index (χ4n) is 2.93. The van der Waals surface area contributed by atoms with E-state index in [0.29, 0.717) is 6.54 Å². The Morgan fingerprint density at radius 1 is 0.850 bits per heavy atom. The van der Waals surface area contributed by atoms with Crippen LogP contribution in [0.4, 0.5) is 0 Å². The van der Waals surface area contributed by atoms with Crippen LogP contribution in [0.1, 0.15) is 53.4 Å². The van der Waals surface area contributed by atoms with Crippen LogP contribution in [-0.4, -0.2) is 56.5 Å². The second kappa shape index (κ2) is 12.6. The lowest BCUT2D eigenvalue weighted by Crippen LogP contribution is -2.55. The van der Waals surface area contributed by atoms with Crippen LogP contribution in [0, 0.1) is 0 Å². The molecule has 0 bridgehead atoms. The molecule has 2 N–H and O–H groups in total. The molecule has 0 unspecified atom stereocenters. The molecule has 0 aromatic rings. The van der Waals surface area contributed by atoms with Crippen molar-refractivity contribution in [2.45, 2.75) is 58.9 Å². The molecule has 0 spiro atoms. The fourth-order valence-corrected chi connectivity index (χ4v) is 2.93. The average molecular weight is 288 g/mol. The predicted octanol–water partition coefficient (Wildman–Crippen LogP) is 2.66. The van der Waals surface area contributed by atoms with Crippen molar-refractivity contribution in [1.29, 1.82) is 0 Å². The van der Waals surface area contributed by atoms with Crippen LogP contribution in [0.15, 0.2) is 0 Å². The smallest absolute Gasteiger partial charge is 0.0593 e. The van der Waals surface area contributed by atoms with Gasteiger partial charge in [0, 0.05) is 38.4 Å². The third-order valence-electron chi connectivity index (χ3n) is 3.90. The molecular formula is C16H36N2O2. The number of hydrogen-bond donors (Lipinski definition) is 1. The Hall–Kier alpha value is -0.160. The van der Waals surface area contributed by atoms with E-state index in [2.05, 4.69) is 18.7 Å². The molecule has 0 amide bonds. The normalized spacial score (nSPS) is 12.3. The Labute approximate surface area is 126 Å². The van der Waals surface area contributed by atoms with Gasteiger partial charge in [-0.2, -0.15) is 0 Å². The largest absolute Gasteiger partial charge is 0.380 e. The molecule has 0 aliphatic rings. The van der Waals surface area contributed by atoms with Crippen molar-refractivity contribution in [2.75, 3.05) is 46.1 Å². The first-order valence-corrected chi connectivity index (χ1v) is 8.31. The first-order chi connectivity index (χ1) is 9.70. The van der Waals surface area contributed by atoms with E-state index < -0.39 is 0 Å². The number of ether oxygens (including phenoxy) is 2. The van der Waals surface area contributed by atoms with E-state index >= 15 is 0 Å². The van der Waals surface area contributed by atoms with E-state index in [4.69, 9.17) is 15.2 Å². The highest BCUT2D eigenvalue weighted by Gasteiger charge is 2.33. The molecule has 0 aromatic heterocycles. The van der Waals surface area contributed by atoms with Gasteiger partial charge in [-0.3, -0.25) is 4.90 Å². The van der Waals surface area contributed by atoms with Crippen LogP contribution in [-0.2, 0) is 9.47 Å². The molecule has 0 saturated heterocycles. The maximum Gasteiger partial charge on any atom is 0.0593 e. The summed E-state index contributed by atoms with van der Waals surface area (Å²) < 4.78 is 11.1. The maximum atomic E-state index is 6.17. The number of nitrogens with zero attached hydrogens (tertiary/aromatic N) is 1. The van der Waals surface area contributed by atoms with Gasteiger partial charge in [0.15, 0.2) is 0 Å². The van der Waals surface area contributed by atoms with Crippen LogP contribution in [0.25, 0.3) is 0 Å². The van der Waals surface area contributed by atoms with Crippen molar-refractivity contribution in [3.63, 3.8) is 0 Å². The van der Waals surface area contributed by atoms with E-state index in [0.717, 1.165) is 65.2 Å². The van der Waals surface area contributed by atoms with Gasteiger partial charge in [0.25, 0.3) is 0 Å². The second-order valence-electron chi connectivity index (χ2n) is 5.31. The molecule has 122 valence electrons. The maximum absolute atomic E-state index is 6.17. The zero-order valence-corrected chi connectivity index (χ0v) is 14.1. The van der Waals surface area contributed by atoms with Gasteiger partial charge in [0.05, 0.1) is 13.2 Å². The molecule has 0 saturated carbocycles. The lowest BCUT2D eigenvalue weighted by molar-refractivity contribution is 0.0132. The summed E-state index contributed by atoms with van der Waals surface area (Å²) in [7, 11) is 0. The average Bonchev–Trinajstić information content (AvgIpc) is 2.45. The number of hydrogen-bond acceptors (Lipinski definition) is 4. The van der Waals surface area contributed by atoms with E-state index in [1.807, 2.05) is 13.8 Å². The van der Waals surface area contributed by atoms with E-state index in [1.165, 1.54) is 0 Å². The van der Waals surface area contributed by atoms with Gasteiger partial charge in [-0.15, -0.1) is 0 Å². The molecule has 0 radical (unpaired) electrons. The lowest BCUT2D eigenvalue weighted by Gasteiger charge is -2.44. The molecule has 4 heteroatoms. The molecule has 0 fully saturated rings. The SMILES string of the molecule is CCCC(CN)(CCC)N(CCOCC)CCOCC.